The Morgan fingerprint density at radius 1 is 1.42 bits per heavy atom. The van der Waals surface area contributed by atoms with Crippen LogP contribution < -0.4 is 10.5 Å². The summed E-state index contributed by atoms with van der Waals surface area (Å²) in [6, 6.07) is 4.57. The van der Waals surface area contributed by atoms with Crippen LogP contribution in [0.15, 0.2) is 27.6 Å². The second-order valence-electron chi connectivity index (χ2n) is 4.71. The van der Waals surface area contributed by atoms with Crippen LogP contribution >= 0.6 is 15.9 Å². The number of nitrogens with two attached hydrogens (primary N) is 1. The number of benzene rings is 1. The molecular weight excluding hydrogens is 332 g/mol. The van der Waals surface area contributed by atoms with E-state index in [0.717, 1.165) is 0 Å². The van der Waals surface area contributed by atoms with Crippen molar-refractivity contribution >= 4 is 31.6 Å². The number of nitrogens with one attached hydrogen (secondary N) is 1. The topological polar surface area (TPSA) is 81.4 Å². The van der Waals surface area contributed by atoms with E-state index in [1.807, 2.05) is 20.8 Å². The van der Waals surface area contributed by atoms with E-state index in [1.54, 1.807) is 12.1 Å². The summed E-state index contributed by atoms with van der Waals surface area (Å²) in [5.74, 6) is 0. The molecule has 0 amide bonds. The Bertz CT molecular complexity index is 544. The molecule has 1 aromatic rings. The molecule has 0 aliphatic heterocycles. The maximum atomic E-state index is 12.2. The van der Waals surface area contributed by atoms with Crippen LogP contribution in [0.2, 0.25) is 0 Å². The van der Waals surface area contributed by atoms with Gasteiger partial charge in [-0.2, -0.15) is 0 Å². The van der Waals surface area contributed by atoms with Gasteiger partial charge in [-0.3, -0.25) is 0 Å². The Kier molecular flexibility index (Phi) is 5.37. The van der Waals surface area contributed by atoms with Crippen LogP contribution in [0, 0.1) is 0 Å². The predicted octanol–water partition coefficient (Wildman–Crippen LogP) is 2.12. The van der Waals surface area contributed by atoms with E-state index in [2.05, 4.69) is 20.7 Å². The van der Waals surface area contributed by atoms with Crippen LogP contribution in [0.3, 0.4) is 0 Å². The average Bonchev–Trinajstić information content (AvgIpc) is 2.26. The fraction of sp³-hybridized carbons (Fsp3) is 0.500. The molecular formula is C12H19BrN2O3S. The molecule has 0 aromatic heterocycles. The van der Waals surface area contributed by atoms with Crippen molar-refractivity contribution in [3.05, 3.63) is 22.7 Å². The number of nitrogen functional groups attached to an aromatic ring is 1. The van der Waals surface area contributed by atoms with Gasteiger partial charge in [0.1, 0.15) is 0 Å². The van der Waals surface area contributed by atoms with E-state index in [-0.39, 0.29) is 11.4 Å². The average molecular weight is 351 g/mol. The molecule has 1 rings (SSSR count). The Morgan fingerprint density at radius 2 is 2.05 bits per heavy atom. The summed E-state index contributed by atoms with van der Waals surface area (Å²) >= 11 is 3.20. The van der Waals surface area contributed by atoms with Crippen LogP contribution in [-0.4, -0.2) is 27.2 Å². The molecule has 0 radical (unpaired) electrons. The molecule has 19 heavy (non-hydrogen) atoms. The maximum absolute atomic E-state index is 12.2. The van der Waals surface area contributed by atoms with Gasteiger partial charge in [0.05, 0.1) is 10.5 Å². The fourth-order valence-corrected chi connectivity index (χ4v) is 3.82. The van der Waals surface area contributed by atoms with E-state index in [0.29, 0.717) is 16.8 Å². The molecule has 0 bridgehead atoms. The first-order valence-electron chi connectivity index (χ1n) is 5.86. The van der Waals surface area contributed by atoms with Gasteiger partial charge < -0.3 is 10.5 Å². The van der Waals surface area contributed by atoms with Crippen molar-refractivity contribution in [2.24, 2.45) is 0 Å². The van der Waals surface area contributed by atoms with Crippen LogP contribution in [0.25, 0.3) is 0 Å². The molecule has 3 N–H and O–H groups in total. The highest BCUT2D eigenvalue weighted by atomic mass is 79.9. The van der Waals surface area contributed by atoms with Crippen molar-refractivity contribution in [3.8, 4) is 0 Å². The third kappa shape index (κ3) is 4.76. The minimum Gasteiger partial charge on any atom is -0.399 e. The molecule has 108 valence electrons. The third-order valence-corrected chi connectivity index (χ3v) is 4.85. The predicted molar refractivity (Wildman–Crippen MR) is 79.4 cm³/mol. The SMILES string of the molecule is CCOC(C)(C)CNS(=O)(=O)c1ccc(N)cc1Br. The number of hydrogen-bond donors (Lipinski definition) is 2. The largest absolute Gasteiger partial charge is 0.399 e. The maximum Gasteiger partial charge on any atom is 0.241 e. The van der Waals surface area contributed by atoms with Crippen molar-refractivity contribution in [1.29, 1.82) is 0 Å². The number of anilines is 1. The van der Waals surface area contributed by atoms with Gasteiger partial charge in [0, 0.05) is 23.3 Å². The van der Waals surface area contributed by atoms with Gasteiger partial charge in [0.25, 0.3) is 0 Å². The minimum absolute atomic E-state index is 0.161. The second-order valence-corrected chi connectivity index (χ2v) is 7.30. The number of rotatable bonds is 6. The summed E-state index contributed by atoms with van der Waals surface area (Å²) in [6.45, 7) is 6.25. The van der Waals surface area contributed by atoms with Gasteiger partial charge in [-0.25, -0.2) is 13.1 Å². The van der Waals surface area contributed by atoms with E-state index >= 15 is 0 Å². The smallest absolute Gasteiger partial charge is 0.241 e. The van der Waals surface area contributed by atoms with Gasteiger partial charge in [-0.1, -0.05) is 0 Å². The summed E-state index contributed by atoms with van der Waals surface area (Å²) < 4.78 is 32.8. The van der Waals surface area contributed by atoms with Crippen LogP contribution in [0.1, 0.15) is 20.8 Å². The minimum atomic E-state index is -3.59. The van der Waals surface area contributed by atoms with Crippen LogP contribution in [0.4, 0.5) is 5.69 Å². The highest BCUT2D eigenvalue weighted by Crippen LogP contribution is 2.24. The molecule has 7 heteroatoms. The van der Waals surface area contributed by atoms with E-state index in [4.69, 9.17) is 10.5 Å². The summed E-state index contributed by atoms with van der Waals surface area (Å²) in [5.41, 5.74) is 5.54. The summed E-state index contributed by atoms with van der Waals surface area (Å²) in [7, 11) is -3.59. The Labute approximate surface area is 122 Å². The molecule has 0 atom stereocenters. The zero-order valence-corrected chi connectivity index (χ0v) is 13.6. The van der Waals surface area contributed by atoms with Crippen molar-refractivity contribution in [3.63, 3.8) is 0 Å². The van der Waals surface area contributed by atoms with Gasteiger partial charge in [0.2, 0.25) is 10.0 Å². The first-order chi connectivity index (χ1) is 8.68. The third-order valence-electron chi connectivity index (χ3n) is 2.47. The summed E-state index contributed by atoms with van der Waals surface area (Å²) in [6.07, 6.45) is 0. The van der Waals surface area contributed by atoms with E-state index in [9.17, 15) is 8.42 Å². The molecule has 0 aliphatic carbocycles. The first kappa shape index (κ1) is 16.4. The monoisotopic (exact) mass is 350 g/mol. The van der Waals surface area contributed by atoms with Gasteiger partial charge in [-0.05, 0) is 54.9 Å². The number of hydrogen-bond acceptors (Lipinski definition) is 4. The van der Waals surface area contributed by atoms with Gasteiger partial charge in [0.15, 0.2) is 0 Å². The lowest BCUT2D eigenvalue weighted by Crippen LogP contribution is -2.40. The van der Waals surface area contributed by atoms with E-state index in [1.165, 1.54) is 6.07 Å². The zero-order chi connectivity index (χ0) is 14.7. The van der Waals surface area contributed by atoms with Crippen LogP contribution in [0.5, 0.6) is 0 Å². The molecule has 0 aliphatic rings. The normalized spacial score (nSPS) is 12.6. The fourth-order valence-electron chi connectivity index (χ4n) is 1.52. The number of halogens is 1. The molecule has 0 saturated carbocycles. The highest BCUT2D eigenvalue weighted by Gasteiger charge is 2.23. The van der Waals surface area contributed by atoms with Crippen molar-refractivity contribution in [2.45, 2.75) is 31.3 Å². The lowest BCUT2D eigenvalue weighted by molar-refractivity contribution is -0.00515. The van der Waals surface area contributed by atoms with Gasteiger partial charge in [-0.15, -0.1) is 0 Å². The lowest BCUT2D eigenvalue weighted by Gasteiger charge is -2.24. The van der Waals surface area contributed by atoms with Crippen molar-refractivity contribution in [2.75, 3.05) is 18.9 Å². The van der Waals surface area contributed by atoms with Crippen molar-refractivity contribution < 1.29 is 13.2 Å². The second kappa shape index (κ2) is 6.21. The van der Waals surface area contributed by atoms with E-state index < -0.39 is 15.6 Å². The molecule has 5 nitrogen and oxygen atoms in total. The van der Waals surface area contributed by atoms with Gasteiger partial charge >= 0.3 is 0 Å². The Morgan fingerprint density at radius 3 is 2.58 bits per heavy atom. The van der Waals surface area contributed by atoms with Crippen molar-refractivity contribution in [1.82, 2.24) is 4.72 Å². The molecule has 0 spiro atoms. The zero-order valence-electron chi connectivity index (χ0n) is 11.2. The Hall–Kier alpha value is -0.630. The number of sulfonamides is 1. The molecule has 0 fully saturated rings. The quantitative estimate of drug-likeness (QED) is 0.770. The lowest BCUT2D eigenvalue weighted by atomic mass is 10.1. The molecule has 1 aromatic carbocycles. The highest BCUT2D eigenvalue weighted by molar-refractivity contribution is 9.10. The molecule has 0 saturated heterocycles. The first-order valence-corrected chi connectivity index (χ1v) is 8.14. The molecule has 0 unspecified atom stereocenters. The Balaban J connectivity index is 2.87. The number of ether oxygens (including phenoxy) is 1. The standard InChI is InChI=1S/C12H19BrN2O3S/c1-4-18-12(2,3)8-15-19(16,17)11-6-5-9(14)7-10(11)13/h5-7,15H,4,8,14H2,1-3H3. The summed E-state index contributed by atoms with van der Waals surface area (Å²) in [5, 5.41) is 0. The van der Waals surface area contributed by atoms with Crippen LogP contribution in [-0.2, 0) is 14.8 Å². The molecule has 0 heterocycles. The summed E-state index contributed by atoms with van der Waals surface area (Å²) in [4.78, 5) is 0.161.